The molecule has 4 heteroatoms. The van der Waals surface area contributed by atoms with Gasteiger partial charge >= 0.3 is 0 Å². The van der Waals surface area contributed by atoms with E-state index in [4.69, 9.17) is 4.74 Å². The molecule has 1 aromatic rings. The highest BCUT2D eigenvalue weighted by Gasteiger charge is 2.23. The first-order chi connectivity index (χ1) is 7.69. The Morgan fingerprint density at radius 1 is 1.25 bits per heavy atom. The molecule has 0 radical (unpaired) electrons. The maximum atomic E-state index is 5.69. The minimum atomic E-state index is 0.261. The predicted octanol–water partition coefficient (Wildman–Crippen LogP) is 1.65. The summed E-state index contributed by atoms with van der Waals surface area (Å²) in [6, 6.07) is 0. The lowest BCUT2D eigenvalue weighted by Crippen LogP contribution is -2.45. The average molecular weight is 221 g/mol. The van der Waals surface area contributed by atoms with Crippen molar-refractivity contribution in [3.8, 4) is 0 Å². The lowest BCUT2D eigenvalue weighted by molar-refractivity contribution is -0.00547. The van der Waals surface area contributed by atoms with Gasteiger partial charge in [-0.25, -0.2) is 4.98 Å². The molecule has 0 aliphatic carbocycles. The highest BCUT2D eigenvalue weighted by Crippen LogP contribution is 2.17. The molecule has 0 saturated carbocycles. The van der Waals surface area contributed by atoms with Gasteiger partial charge in [-0.15, -0.1) is 0 Å². The quantitative estimate of drug-likeness (QED) is 0.761. The Morgan fingerprint density at radius 2 is 1.94 bits per heavy atom. The number of morpholine rings is 1. The Balaban J connectivity index is 2.10. The minimum absolute atomic E-state index is 0.261. The summed E-state index contributed by atoms with van der Waals surface area (Å²) in [4.78, 5) is 11.1. The van der Waals surface area contributed by atoms with Gasteiger partial charge in [0.2, 0.25) is 0 Å². The predicted molar refractivity (Wildman–Crippen MR) is 63.6 cm³/mol. The summed E-state index contributed by atoms with van der Waals surface area (Å²) >= 11 is 0. The summed E-state index contributed by atoms with van der Waals surface area (Å²) in [7, 11) is 0. The zero-order valence-electron chi connectivity index (χ0n) is 10.2. The second-order valence-corrected chi connectivity index (χ2v) is 4.38. The van der Waals surface area contributed by atoms with Gasteiger partial charge in [0.1, 0.15) is 5.82 Å². The summed E-state index contributed by atoms with van der Waals surface area (Å²) in [5, 5.41) is 0. The van der Waals surface area contributed by atoms with Crippen LogP contribution >= 0.6 is 0 Å². The highest BCUT2D eigenvalue weighted by molar-refractivity contribution is 5.36. The second-order valence-electron chi connectivity index (χ2n) is 4.38. The lowest BCUT2D eigenvalue weighted by Gasteiger charge is -2.35. The Bertz CT molecular complexity index is 329. The van der Waals surface area contributed by atoms with Crippen LogP contribution in [0.5, 0.6) is 0 Å². The maximum absolute atomic E-state index is 5.69. The van der Waals surface area contributed by atoms with Crippen LogP contribution in [-0.2, 0) is 11.2 Å². The van der Waals surface area contributed by atoms with Crippen molar-refractivity contribution in [1.29, 1.82) is 0 Å². The van der Waals surface area contributed by atoms with E-state index in [0.717, 1.165) is 31.0 Å². The summed E-state index contributed by atoms with van der Waals surface area (Å²) in [6.45, 7) is 8.06. The van der Waals surface area contributed by atoms with E-state index in [1.54, 1.807) is 0 Å². The first-order valence-electron chi connectivity index (χ1n) is 5.90. The molecule has 0 unspecified atom stereocenters. The van der Waals surface area contributed by atoms with Crippen molar-refractivity contribution < 1.29 is 4.74 Å². The molecule has 0 spiro atoms. The third kappa shape index (κ3) is 2.50. The number of nitrogens with zero attached hydrogens (tertiary/aromatic N) is 3. The SMILES string of the molecule is CCc1cnc(N2C[C@@H](C)O[C@@H](C)C2)cn1. The van der Waals surface area contributed by atoms with Gasteiger partial charge in [0.25, 0.3) is 0 Å². The van der Waals surface area contributed by atoms with E-state index in [1.165, 1.54) is 0 Å². The highest BCUT2D eigenvalue weighted by atomic mass is 16.5. The zero-order valence-corrected chi connectivity index (χ0v) is 10.2. The topological polar surface area (TPSA) is 38.2 Å². The summed E-state index contributed by atoms with van der Waals surface area (Å²) in [5.74, 6) is 0.958. The average Bonchev–Trinajstić information content (AvgIpc) is 2.28. The van der Waals surface area contributed by atoms with Crippen molar-refractivity contribution in [2.24, 2.45) is 0 Å². The van der Waals surface area contributed by atoms with E-state index >= 15 is 0 Å². The van der Waals surface area contributed by atoms with Crippen molar-refractivity contribution in [3.63, 3.8) is 0 Å². The molecule has 16 heavy (non-hydrogen) atoms. The molecule has 0 aromatic carbocycles. The smallest absolute Gasteiger partial charge is 0.147 e. The molecule has 2 rings (SSSR count). The van der Waals surface area contributed by atoms with E-state index in [0.29, 0.717) is 0 Å². The third-order valence-electron chi connectivity index (χ3n) is 2.80. The van der Waals surface area contributed by atoms with Gasteiger partial charge in [-0.05, 0) is 20.3 Å². The number of aromatic nitrogens is 2. The first-order valence-corrected chi connectivity index (χ1v) is 5.90. The molecule has 0 bridgehead atoms. The molecular formula is C12H19N3O. The molecule has 1 fully saturated rings. The molecular weight excluding hydrogens is 202 g/mol. The van der Waals surface area contributed by atoms with Gasteiger partial charge in [-0.3, -0.25) is 4.98 Å². The number of hydrogen-bond donors (Lipinski definition) is 0. The second kappa shape index (κ2) is 4.78. The molecule has 2 atom stereocenters. The van der Waals surface area contributed by atoms with Crippen molar-refractivity contribution >= 4 is 5.82 Å². The number of ether oxygens (including phenoxy) is 1. The van der Waals surface area contributed by atoms with Gasteiger partial charge < -0.3 is 9.64 Å². The molecule has 1 saturated heterocycles. The Kier molecular flexibility index (Phi) is 3.39. The van der Waals surface area contributed by atoms with Crippen LogP contribution in [0.15, 0.2) is 12.4 Å². The van der Waals surface area contributed by atoms with Crippen molar-refractivity contribution in [1.82, 2.24) is 9.97 Å². The third-order valence-corrected chi connectivity index (χ3v) is 2.80. The van der Waals surface area contributed by atoms with E-state index in [1.807, 2.05) is 12.4 Å². The van der Waals surface area contributed by atoms with Gasteiger partial charge in [0, 0.05) is 13.1 Å². The molecule has 4 nitrogen and oxygen atoms in total. The van der Waals surface area contributed by atoms with Gasteiger partial charge in [0.15, 0.2) is 0 Å². The molecule has 0 amide bonds. The van der Waals surface area contributed by atoms with Crippen LogP contribution in [0.4, 0.5) is 5.82 Å². The number of aryl methyl sites for hydroxylation is 1. The van der Waals surface area contributed by atoms with Crippen LogP contribution in [0.25, 0.3) is 0 Å². The van der Waals surface area contributed by atoms with Crippen LogP contribution in [0.3, 0.4) is 0 Å². The van der Waals surface area contributed by atoms with Crippen molar-refractivity contribution in [2.75, 3.05) is 18.0 Å². The van der Waals surface area contributed by atoms with Crippen LogP contribution < -0.4 is 4.90 Å². The molecule has 1 aromatic heterocycles. The molecule has 0 N–H and O–H groups in total. The molecule has 1 aliphatic rings. The van der Waals surface area contributed by atoms with E-state index in [9.17, 15) is 0 Å². The lowest BCUT2D eigenvalue weighted by atomic mass is 10.2. The first kappa shape index (κ1) is 11.3. The van der Waals surface area contributed by atoms with Crippen LogP contribution in [0.1, 0.15) is 26.5 Å². The summed E-state index contributed by atoms with van der Waals surface area (Å²) in [6.07, 6.45) is 5.18. The normalized spacial score (nSPS) is 25.8. The van der Waals surface area contributed by atoms with E-state index < -0.39 is 0 Å². The van der Waals surface area contributed by atoms with E-state index in [2.05, 4.69) is 35.6 Å². The molecule has 1 aliphatic heterocycles. The number of hydrogen-bond acceptors (Lipinski definition) is 4. The summed E-state index contributed by atoms with van der Waals surface area (Å²) < 4.78 is 5.69. The van der Waals surface area contributed by atoms with Gasteiger partial charge in [-0.1, -0.05) is 6.92 Å². The van der Waals surface area contributed by atoms with Crippen LogP contribution in [-0.4, -0.2) is 35.3 Å². The standard InChI is InChI=1S/C12H19N3O/c1-4-11-5-14-12(6-13-11)15-7-9(2)16-10(3)8-15/h5-6,9-10H,4,7-8H2,1-3H3/t9-,10+. The molecule has 88 valence electrons. The zero-order chi connectivity index (χ0) is 11.5. The fourth-order valence-corrected chi connectivity index (χ4v) is 2.06. The largest absolute Gasteiger partial charge is 0.372 e. The van der Waals surface area contributed by atoms with Gasteiger partial charge in [-0.2, -0.15) is 0 Å². The monoisotopic (exact) mass is 221 g/mol. The fraction of sp³-hybridized carbons (Fsp3) is 0.667. The summed E-state index contributed by atoms with van der Waals surface area (Å²) in [5.41, 5.74) is 1.04. The number of anilines is 1. The van der Waals surface area contributed by atoms with Gasteiger partial charge in [0.05, 0.1) is 30.3 Å². The van der Waals surface area contributed by atoms with Crippen molar-refractivity contribution in [3.05, 3.63) is 18.1 Å². The Labute approximate surface area is 96.7 Å². The maximum Gasteiger partial charge on any atom is 0.147 e. The number of rotatable bonds is 2. The van der Waals surface area contributed by atoms with Crippen molar-refractivity contribution in [2.45, 2.75) is 39.4 Å². The minimum Gasteiger partial charge on any atom is -0.372 e. The Hall–Kier alpha value is -1.16. The Morgan fingerprint density at radius 3 is 2.44 bits per heavy atom. The fourth-order valence-electron chi connectivity index (χ4n) is 2.06. The van der Waals surface area contributed by atoms with Crippen LogP contribution in [0.2, 0.25) is 0 Å². The van der Waals surface area contributed by atoms with Crippen LogP contribution in [0, 0.1) is 0 Å². The van der Waals surface area contributed by atoms with E-state index in [-0.39, 0.29) is 12.2 Å². The molecule has 2 heterocycles.